The van der Waals surface area contributed by atoms with Crippen molar-refractivity contribution in [2.45, 2.75) is 38.1 Å². The average molecular weight is 212 g/mol. The number of rotatable bonds is 7. The molecule has 3 nitrogen and oxygen atoms in total. The molecule has 1 saturated heterocycles. The van der Waals surface area contributed by atoms with Crippen LogP contribution in [0.4, 0.5) is 0 Å². The van der Waals surface area contributed by atoms with Gasteiger partial charge in [0, 0.05) is 19.1 Å². The van der Waals surface area contributed by atoms with E-state index in [2.05, 4.69) is 10.2 Å². The van der Waals surface area contributed by atoms with Crippen molar-refractivity contribution in [2.75, 3.05) is 39.4 Å². The number of hydrogen-bond donors (Lipinski definition) is 1. The van der Waals surface area contributed by atoms with Crippen LogP contribution in [0, 0.1) is 0 Å². The van der Waals surface area contributed by atoms with Crippen molar-refractivity contribution in [3.8, 4) is 0 Å². The summed E-state index contributed by atoms with van der Waals surface area (Å²) in [4.78, 5) is 2.53. The standard InChI is InChI=1S/C12H24N2O/c1(2-6-13-12-4-5-12)3-7-14-8-10-15-11-9-14/h12-13H,1-11H2. The third kappa shape index (κ3) is 4.96. The van der Waals surface area contributed by atoms with Gasteiger partial charge in [0.05, 0.1) is 13.2 Å². The molecule has 2 aliphatic rings. The van der Waals surface area contributed by atoms with Crippen LogP contribution >= 0.6 is 0 Å². The zero-order chi connectivity index (χ0) is 10.3. The molecule has 0 unspecified atom stereocenters. The first-order valence-electron chi connectivity index (χ1n) is 6.48. The lowest BCUT2D eigenvalue weighted by molar-refractivity contribution is 0.0371. The van der Waals surface area contributed by atoms with Crippen molar-refractivity contribution < 1.29 is 4.74 Å². The van der Waals surface area contributed by atoms with E-state index in [-0.39, 0.29) is 0 Å². The van der Waals surface area contributed by atoms with E-state index in [1.165, 1.54) is 45.2 Å². The maximum Gasteiger partial charge on any atom is 0.0594 e. The van der Waals surface area contributed by atoms with E-state index in [0.717, 1.165) is 32.3 Å². The summed E-state index contributed by atoms with van der Waals surface area (Å²) in [7, 11) is 0. The van der Waals surface area contributed by atoms with Crippen molar-refractivity contribution in [1.29, 1.82) is 0 Å². The van der Waals surface area contributed by atoms with E-state index in [9.17, 15) is 0 Å². The first-order chi connectivity index (χ1) is 7.45. The molecular weight excluding hydrogens is 188 g/mol. The van der Waals surface area contributed by atoms with Crippen molar-refractivity contribution >= 4 is 0 Å². The highest BCUT2D eigenvalue weighted by Gasteiger charge is 2.19. The Balaban J connectivity index is 1.37. The Labute approximate surface area is 93.2 Å². The molecular formula is C12H24N2O. The molecule has 0 amide bonds. The molecule has 1 aliphatic carbocycles. The van der Waals surface area contributed by atoms with Crippen LogP contribution < -0.4 is 5.32 Å². The summed E-state index contributed by atoms with van der Waals surface area (Å²) in [5.74, 6) is 0. The van der Waals surface area contributed by atoms with Gasteiger partial charge in [0.15, 0.2) is 0 Å². The Bertz CT molecular complexity index is 165. The van der Waals surface area contributed by atoms with Gasteiger partial charge in [-0.15, -0.1) is 0 Å². The van der Waals surface area contributed by atoms with Crippen LogP contribution in [0.3, 0.4) is 0 Å². The van der Waals surface area contributed by atoms with Crippen LogP contribution in [0.1, 0.15) is 32.1 Å². The van der Waals surface area contributed by atoms with Gasteiger partial charge in [-0.3, -0.25) is 4.90 Å². The molecule has 1 heterocycles. The molecule has 15 heavy (non-hydrogen) atoms. The fourth-order valence-corrected chi connectivity index (χ4v) is 2.06. The van der Waals surface area contributed by atoms with E-state index in [4.69, 9.17) is 4.74 Å². The predicted octanol–water partition coefficient (Wildman–Crippen LogP) is 1.24. The molecule has 0 spiro atoms. The lowest BCUT2D eigenvalue weighted by Crippen LogP contribution is -2.36. The normalized spacial score (nSPS) is 23.2. The third-order valence-electron chi connectivity index (χ3n) is 3.27. The van der Waals surface area contributed by atoms with Crippen LogP contribution in [0.15, 0.2) is 0 Å². The lowest BCUT2D eigenvalue weighted by Gasteiger charge is -2.26. The third-order valence-corrected chi connectivity index (χ3v) is 3.27. The monoisotopic (exact) mass is 212 g/mol. The van der Waals surface area contributed by atoms with E-state index < -0.39 is 0 Å². The number of morpholine rings is 1. The molecule has 0 aromatic rings. The van der Waals surface area contributed by atoms with Gasteiger partial charge in [-0.05, 0) is 38.8 Å². The molecule has 0 atom stereocenters. The van der Waals surface area contributed by atoms with E-state index in [1.54, 1.807) is 0 Å². The molecule has 2 fully saturated rings. The van der Waals surface area contributed by atoms with Gasteiger partial charge in [-0.1, -0.05) is 6.42 Å². The maximum atomic E-state index is 5.33. The van der Waals surface area contributed by atoms with Crippen LogP contribution in [-0.4, -0.2) is 50.3 Å². The second-order valence-corrected chi connectivity index (χ2v) is 4.74. The van der Waals surface area contributed by atoms with E-state index in [0.29, 0.717) is 0 Å². The highest BCUT2D eigenvalue weighted by Crippen LogP contribution is 2.18. The van der Waals surface area contributed by atoms with Crippen molar-refractivity contribution in [3.63, 3.8) is 0 Å². The van der Waals surface area contributed by atoms with Crippen molar-refractivity contribution in [3.05, 3.63) is 0 Å². The quantitative estimate of drug-likeness (QED) is 0.643. The molecule has 3 heteroatoms. The summed E-state index contributed by atoms with van der Waals surface area (Å²) in [5, 5.41) is 3.56. The Kier molecular flexibility index (Phi) is 4.90. The highest BCUT2D eigenvalue weighted by atomic mass is 16.5. The minimum Gasteiger partial charge on any atom is -0.379 e. The molecule has 0 aromatic carbocycles. The van der Waals surface area contributed by atoms with Crippen LogP contribution in [0.25, 0.3) is 0 Å². The van der Waals surface area contributed by atoms with Gasteiger partial charge in [-0.25, -0.2) is 0 Å². The first kappa shape index (κ1) is 11.4. The van der Waals surface area contributed by atoms with Crippen LogP contribution in [0.2, 0.25) is 0 Å². The van der Waals surface area contributed by atoms with Crippen LogP contribution in [0.5, 0.6) is 0 Å². The second kappa shape index (κ2) is 6.46. The molecule has 1 saturated carbocycles. The fraction of sp³-hybridized carbons (Fsp3) is 1.00. The maximum absolute atomic E-state index is 5.33. The molecule has 88 valence electrons. The highest BCUT2D eigenvalue weighted by molar-refractivity contribution is 4.80. The summed E-state index contributed by atoms with van der Waals surface area (Å²) < 4.78 is 5.33. The van der Waals surface area contributed by atoms with E-state index in [1.807, 2.05) is 0 Å². The fourth-order valence-electron chi connectivity index (χ4n) is 2.06. The smallest absolute Gasteiger partial charge is 0.0594 e. The van der Waals surface area contributed by atoms with Crippen molar-refractivity contribution in [1.82, 2.24) is 10.2 Å². The minimum atomic E-state index is 0.879. The number of ether oxygens (including phenoxy) is 1. The Hall–Kier alpha value is -0.120. The summed E-state index contributed by atoms with van der Waals surface area (Å²) in [6.45, 7) is 6.65. The number of nitrogens with zero attached hydrogens (tertiary/aromatic N) is 1. The lowest BCUT2D eigenvalue weighted by atomic mass is 10.2. The van der Waals surface area contributed by atoms with E-state index >= 15 is 0 Å². The van der Waals surface area contributed by atoms with Gasteiger partial charge < -0.3 is 10.1 Å². The Morgan fingerprint density at radius 2 is 1.87 bits per heavy atom. The number of unbranched alkanes of at least 4 members (excludes halogenated alkanes) is 2. The van der Waals surface area contributed by atoms with Gasteiger partial charge in [0.25, 0.3) is 0 Å². The van der Waals surface area contributed by atoms with Gasteiger partial charge >= 0.3 is 0 Å². The first-order valence-corrected chi connectivity index (χ1v) is 6.48. The summed E-state index contributed by atoms with van der Waals surface area (Å²) in [6.07, 6.45) is 6.89. The van der Waals surface area contributed by atoms with Gasteiger partial charge in [-0.2, -0.15) is 0 Å². The molecule has 0 bridgehead atoms. The molecule has 1 aliphatic heterocycles. The SMILES string of the molecule is C(CCNC1CC1)CCN1CCOCC1. The zero-order valence-corrected chi connectivity index (χ0v) is 9.71. The number of hydrogen-bond acceptors (Lipinski definition) is 3. The predicted molar refractivity (Wildman–Crippen MR) is 62.1 cm³/mol. The minimum absolute atomic E-state index is 0.879. The van der Waals surface area contributed by atoms with Crippen LogP contribution in [-0.2, 0) is 4.74 Å². The molecule has 2 rings (SSSR count). The number of nitrogens with one attached hydrogen (secondary N) is 1. The summed E-state index contributed by atoms with van der Waals surface area (Å²) in [6, 6.07) is 0.879. The molecule has 1 N–H and O–H groups in total. The molecule has 0 aromatic heterocycles. The average Bonchev–Trinajstić information content (AvgIpc) is 3.09. The summed E-state index contributed by atoms with van der Waals surface area (Å²) in [5.41, 5.74) is 0. The topological polar surface area (TPSA) is 24.5 Å². The largest absolute Gasteiger partial charge is 0.379 e. The molecule has 0 radical (unpaired) electrons. The Morgan fingerprint density at radius 3 is 2.60 bits per heavy atom. The van der Waals surface area contributed by atoms with Gasteiger partial charge in [0.1, 0.15) is 0 Å². The van der Waals surface area contributed by atoms with Gasteiger partial charge in [0.2, 0.25) is 0 Å². The Morgan fingerprint density at radius 1 is 1.07 bits per heavy atom. The van der Waals surface area contributed by atoms with Crippen molar-refractivity contribution in [2.24, 2.45) is 0 Å². The summed E-state index contributed by atoms with van der Waals surface area (Å²) >= 11 is 0. The zero-order valence-electron chi connectivity index (χ0n) is 9.71. The second-order valence-electron chi connectivity index (χ2n) is 4.74.